The van der Waals surface area contributed by atoms with Gasteiger partial charge < -0.3 is 10.1 Å². The molecule has 1 saturated carbocycles. The molecule has 1 amide bonds. The molecule has 2 N–H and O–H groups in total. The highest BCUT2D eigenvalue weighted by Gasteiger charge is 2.37. The number of H-pyrrole nitrogens is 1. The van der Waals surface area contributed by atoms with E-state index < -0.39 is 30.7 Å². The number of ether oxygens (including phenoxy) is 1. The molecule has 9 nitrogen and oxygen atoms in total. The van der Waals surface area contributed by atoms with E-state index in [4.69, 9.17) is 4.74 Å². The van der Waals surface area contributed by atoms with Crippen molar-refractivity contribution in [2.45, 2.75) is 31.2 Å². The van der Waals surface area contributed by atoms with Crippen LogP contribution in [0.5, 0.6) is 0 Å². The number of hydrogen-bond acceptors (Lipinski definition) is 7. The van der Waals surface area contributed by atoms with Crippen molar-refractivity contribution in [3.8, 4) is 22.0 Å². The fourth-order valence-corrected chi connectivity index (χ4v) is 4.35. The Bertz CT molecular complexity index is 1330. The smallest absolute Gasteiger partial charge is 0.369 e. The molecule has 0 aliphatic heterocycles. The van der Waals surface area contributed by atoms with Gasteiger partial charge in [-0.25, -0.2) is 9.97 Å². The van der Waals surface area contributed by atoms with Gasteiger partial charge in [0.15, 0.2) is 0 Å². The molecule has 1 fully saturated rings. The zero-order chi connectivity index (χ0) is 24.6. The fraction of sp³-hybridized carbons (Fsp3) is 0.286. The average Bonchev–Trinajstić information content (AvgIpc) is 3.52. The molecule has 0 atom stereocenters. The number of carbonyl (C=O) groups excluding carboxylic acids is 1. The highest BCUT2D eigenvalue weighted by Crippen LogP contribution is 2.37. The third kappa shape index (κ3) is 5.22. The van der Waals surface area contributed by atoms with Crippen LogP contribution in [-0.2, 0) is 4.74 Å². The number of hydrogen-bond donors (Lipinski definition) is 2. The molecule has 5 rings (SSSR count). The molecule has 0 bridgehead atoms. The van der Waals surface area contributed by atoms with Crippen molar-refractivity contribution in [1.82, 2.24) is 29.9 Å². The summed E-state index contributed by atoms with van der Waals surface area (Å²) in [5.74, 6) is -1.23. The molecule has 0 radical (unpaired) electrons. The molecule has 14 heteroatoms. The molecule has 4 aromatic heterocycles. The highest BCUT2D eigenvalue weighted by atomic mass is 32.1. The molecule has 0 saturated heterocycles. The third-order valence-corrected chi connectivity index (χ3v) is 6.24. The average molecular weight is 507 g/mol. The van der Waals surface area contributed by atoms with Crippen molar-refractivity contribution in [3.05, 3.63) is 53.8 Å². The summed E-state index contributed by atoms with van der Waals surface area (Å²) in [5.41, 5.74) is 1.59. The standard InChI is InChI=1S/C21H17F4N7O2S/c22-17-3-1-2-14(28-17)18-15(8-32(31-18)12-4-13(5-12)34-10-21(23,24)25)29-19(33)16-9-35-20(30-16)11-6-26-27-7-11/h1-3,6-9,12-13H,4-5,10H2,(H,26,27)(H,29,33). The van der Waals surface area contributed by atoms with Crippen LogP contribution in [-0.4, -0.2) is 54.7 Å². The first-order valence-electron chi connectivity index (χ1n) is 10.4. The van der Waals surface area contributed by atoms with E-state index in [0.717, 1.165) is 5.56 Å². The third-order valence-electron chi connectivity index (χ3n) is 5.35. The molecule has 4 aromatic rings. The summed E-state index contributed by atoms with van der Waals surface area (Å²) in [6, 6.07) is 3.95. The number of anilines is 1. The van der Waals surface area contributed by atoms with E-state index in [0.29, 0.717) is 17.8 Å². The van der Waals surface area contributed by atoms with Gasteiger partial charge in [-0.3, -0.25) is 14.6 Å². The molecule has 1 aliphatic rings. The van der Waals surface area contributed by atoms with Crippen LogP contribution in [0.3, 0.4) is 0 Å². The van der Waals surface area contributed by atoms with E-state index in [-0.39, 0.29) is 28.8 Å². The molecule has 0 spiro atoms. The summed E-state index contributed by atoms with van der Waals surface area (Å²) in [5, 5.41) is 15.9. The molecule has 182 valence electrons. The molecule has 1 aliphatic carbocycles. The first-order valence-corrected chi connectivity index (χ1v) is 11.3. The molecule has 0 unspecified atom stereocenters. The maximum Gasteiger partial charge on any atom is 0.411 e. The fourth-order valence-electron chi connectivity index (χ4n) is 3.57. The van der Waals surface area contributed by atoms with Crippen molar-refractivity contribution in [3.63, 3.8) is 0 Å². The normalized spacial score (nSPS) is 17.8. The SMILES string of the molecule is O=C(Nc1cn(C2CC(OCC(F)(F)F)C2)nc1-c1cccc(F)n1)c1csc(-c2cn[nH]c2)n1. The Balaban J connectivity index is 1.35. The zero-order valence-electron chi connectivity index (χ0n) is 17.8. The number of carbonyl (C=O) groups is 1. The van der Waals surface area contributed by atoms with Gasteiger partial charge in [0.05, 0.1) is 29.7 Å². The Morgan fingerprint density at radius 3 is 2.83 bits per heavy atom. The van der Waals surface area contributed by atoms with Crippen molar-refractivity contribution in [2.75, 3.05) is 11.9 Å². The van der Waals surface area contributed by atoms with Crippen molar-refractivity contribution in [2.24, 2.45) is 0 Å². The number of aromatic nitrogens is 6. The van der Waals surface area contributed by atoms with Crippen molar-refractivity contribution in [1.29, 1.82) is 0 Å². The number of rotatable bonds is 7. The van der Waals surface area contributed by atoms with Crippen molar-refractivity contribution >= 4 is 22.9 Å². The number of alkyl halides is 3. The monoisotopic (exact) mass is 507 g/mol. The largest absolute Gasteiger partial charge is 0.411 e. The van der Waals surface area contributed by atoms with Gasteiger partial charge in [0, 0.05) is 23.3 Å². The lowest BCUT2D eigenvalue weighted by Crippen LogP contribution is -2.36. The van der Waals surface area contributed by atoms with Gasteiger partial charge in [-0.1, -0.05) is 6.07 Å². The number of halogens is 4. The van der Waals surface area contributed by atoms with Gasteiger partial charge in [-0.2, -0.15) is 27.8 Å². The summed E-state index contributed by atoms with van der Waals surface area (Å²) in [4.78, 5) is 21.1. The number of nitrogens with one attached hydrogen (secondary N) is 2. The first kappa shape index (κ1) is 23.1. The Labute approximate surface area is 199 Å². The predicted octanol–water partition coefficient (Wildman–Crippen LogP) is 4.47. The Morgan fingerprint density at radius 2 is 2.11 bits per heavy atom. The summed E-state index contributed by atoms with van der Waals surface area (Å²) >= 11 is 1.27. The maximum absolute atomic E-state index is 13.8. The topological polar surface area (TPSA) is 111 Å². The van der Waals surface area contributed by atoms with Gasteiger partial charge in [0.1, 0.15) is 23.0 Å². The van der Waals surface area contributed by atoms with E-state index in [2.05, 4.69) is 30.6 Å². The molecular weight excluding hydrogens is 490 g/mol. The number of aromatic amines is 1. The van der Waals surface area contributed by atoms with Gasteiger partial charge >= 0.3 is 6.18 Å². The van der Waals surface area contributed by atoms with E-state index in [1.807, 2.05) is 0 Å². The summed E-state index contributed by atoms with van der Waals surface area (Å²) in [7, 11) is 0. The number of nitrogens with zero attached hydrogens (tertiary/aromatic N) is 5. The quantitative estimate of drug-likeness (QED) is 0.282. The van der Waals surface area contributed by atoms with Crippen molar-refractivity contribution < 1.29 is 27.1 Å². The highest BCUT2D eigenvalue weighted by molar-refractivity contribution is 7.13. The van der Waals surface area contributed by atoms with Crippen LogP contribution in [0, 0.1) is 5.95 Å². The van der Waals surface area contributed by atoms with E-state index in [1.165, 1.54) is 28.2 Å². The number of pyridine rings is 1. The maximum atomic E-state index is 13.8. The molecule has 0 aromatic carbocycles. The number of amides is 1. The van der Waals surface area contributed by atoms with E-state index >= 15 is 0 Å². The van der Waals surface area contributed by atoms with Gasteiger partial charge in [-0.05, 0) is 25.0 Å². The van der Waals surface area contributed by atoms with Crippen LogP contribution in [0.1, 0.15) is 29.4 Å². The lowest BCUT2D eigenvalue weighted by atomic mass is 9.89. The van der Waals surface area contributed by atoms with Gasteiger partial charge in [0.25, 0.3) is 5.91 Å². The lowest BCUT2D eigenvalue weighted by molar-refractivity contribution is -0.196. The Hall–Kier alpha value is -3.65. The summed E-state index contributed by atoms with van der Waals surface area (Å²) < 4.78 is 57.3. The van der Waals surface area contributed by atoms with E-state index in [1.54, 1.807) is 30.0 Å². The second kappa shape index (κ2) is 9.19. The van der Waals surface area contributed by atoms with E-state index in [9.17, 15) is 22.4 Å². The zero-order valence-corrected chi connectivity index (χ0v) is 18.6. The van der Waals surface area contributed by atoms with Gasteiger partial charge in [-0.15, -0.1) is 11.3 Å². The predicted molar refractivity (Wildman–Crippen MR) is 117 cm³/mol. The van der Waals surface area contributed by atoms with Crippen LogP contribution >= 0.6 is 11.3 Å². The summed E-state index contributed by atoms with van der Waals surface area (Å²) in [6.45, 7) is -1.31. The minimum atomic E-state index is -4.39. The van der Waals surface area contributed by atoms with Crippen LogP contribution < -0.4 is 5.32 Å². The van der Waals surface area contributed by atoms with Crippen LogP contribution in [0.15, 0.2) is 42.2 Å². The Morgan fingerprint density at radius 1 is 1.29 bits per heavy atom. The molecular formula is C21H17F4N7O2S. The minimum absolute atomic E-state index is 0.168. The van der Waals surface area contributed by atoms with Crippen LogP contribution in [0.25, 0.3) is 22.0 Å². The minimum Gasteiger partial charge on any atom is -0.369 e. The Kier molecular flexibility index (Phi) is 6.06. The number of thiazole rings is 1. The molecule has 35 heavy (non-hydrogen) atoms. The molecule has 4 heterocycles. The second-order valence-electron chi connectivity index (χ2n) is 7.87. The van der Waals surface area contributed by atoms with Crippen LogP contribution in [0.2, 0.25) is 0 Å². The first-order chi connectivity index (χ1) is 16.7. The lowest BCUT2D eigenvalue weighted by Gasteiger charge is -2.35. The van der Waals surface area contributed by atoms with Gasteiger partial charge in [0.2, 0.25) is 5.95 Å². The second-order valence-corrected chi connectivity index (χ2v) is 8.73. The van der Waals surface area contributed by atoms with Crippen LogP contribution in [0.4, 0.5) is 23.2 Å². The summed E-state index contributed by atoms with van der Waals surface area (Å²) in [6.07, 6.45) is 0.496.